The molecule has 3 rings (SSSR count). The van der Waals surface area contributed by atoms with Crippen LogP contribution in [0.15, 0.2) is 24.3 Å². The van der Waals surface area contributed by atoms with Crippen molar-refractivity contribution in [3.8, 4) is 11.4 Å². The Morgan fingerprint density at radius 3 is 3.05 bits per heavy atom. The summed E-state index contributed by atoms with van der Waals surface area (Å²) in [6.07, 6.45) is 1.92. The van der Waals surface area contributed by atoms with Gasteiger partial charge in [0.05, 0.1) is 5.41 Å². The summed E-state index contributed by atoms with van der Waals surface area (Å²) in [7, 11) is 0. The summed E-state index contributed by atoms with van der Waals surface area (Å²) < 4.78 is 0. The predicted molar refractivity (Wildman–Crippen MR) is 78.5 cm³/mol. The summed E-state index contributed by atoms with van der Waals surface area (Å²) in [6.45, 7) is 3.69. The van der Waals surface area contributed by atoms with Gasteiger partial charge in [0.1, 0.15) is 0 Å². The standard InChI is InChI=1S/C14H18N6O/c1-14(6-3-7-15-9-14)13(21)16-11-5-2-4-10(8-11)12-17-19-20-18-12/h2,4-5,8,15H,3,6-7,9H2,1H3,(H,16,21)(H,17,18,19,20). The van der Waals surface area contributed by atoms with Crippen LogP contribution in [0.5, 0.6) is 0 Å². The van der Waals surface area contributed by atoms with Gasteiger partial charge in [0.25, 0.3) is 0 Å². The minimum absolute atomic E-state index is 0.0416. The second-order valence-electron chi connectivity index (χ2n) is 5.61. The highest BCUT2D eigenvalue weighted by Gasteiger charge is 2.34. The third-order valence-electron chi connectivity index (χ3n) is 3.87. The molecule has 2 heterocycles. The van der Waals surface area contributed by atoms with Crippen molar-refractivity contribution in [2.45, 2.75) is 19.8 Å². The van der Waals surface area contributed by atoms with Crippen molar-refractivity contribution in [3.63, 3.8) is 0 Å². The maximum Gasteiger partial charge on any atom is 0.231 e. The number of H-pyrrole nitrogens is 1. The van der Waals surface area contributed by atoms with Crippen molar-refractivity contribution in [2.24, 2.45) is 5.41 Å². The Labute approximate surface area is 122 Å². The molecule has 1 atom stereocenters. The van der Waals surface area contributed by atoms with Crippen molar-refractivity contribution in [1.82, 2.24) is 25.9 Å². The van der Waals surface area contributed by atoms with E-state index >= 15 is 0 Å². The van der Waals surface area contributed by atoms with Crippen LogP contribution in [0, 0.1) is 5.41 Å². The average Bonchev–Trinajstić information content (AvgIpc) is 3.02. The van der Waals surface area contributed by atoms with Gasteiger partial charge >= 0.3 is 0 Å². The monoisotopic (exact) mass is 286 g/mol. The predicted octanol–water partition coefficient (Wildman–Crippen LogP) is 1.19. The fraction of sp³-hybridized carbons (Fsp3) is 0.429. The number of hydrogen-bond donors (Lipinski definition) is 3. The van der Waals surface area contributed by atoms with E-state index in [9.17, 15) is 4.79 Å². The lowest BCUT2D eigenvalue weighted by Gasteiger charge is -2.32. The van der Waals surface area contributed by atoms with E-state index in [1.807, 2.05) is 31.2 Å². The number of carbonyl (C=O) groups is 1. The molecule has 1 aliphatic rings. The third kappa shape index (κ3) is 2.92. The number of benzene rings is 1. The van der Waals surface area contributed by atoms with Crippen LogP contribution < -0.4 is 10.6 Å². The number of hydrogen-bond acceptors (Lipinski definition) is 5. The van der Waals surface area contributed by atoms with Crippen LogP contribution in [0.4, 0.5) is 5.69 Å². The Hall–Kier alpha value is -2.28. The number of aromatic amines is 1. The summed E-state index contributed by atoms with van der Waals surface area (Å²) >= 11 is 0. The summed E-state index contributed by atoms with van der Waals surface area (Å²) in [5.41, 5.74) is 1.20. The number of tetrazole rings is 1. The van der Waals surface area contributed by atoms with E-state index in [0.29, 0.717) is 12.4 Å². The van der Waals surface area contributed by atoms with Crippen molar-refractivity contribution in [2.75, 3.05) is 18.4 Å². The van der Waals surface area contributed by atoms with Gasteiger partial charge in [-0.05, 0) is 43.7 Å². The van der Waals surface area contributed by atoms with Crippen molar-refractivity contribution < 1.29 is 4.79 Å². The molecule has 7 nitrogen and oxygen atoms in total. The van der Waals surface area contributed by atoms with Gasteiger partial charge in [0, 0.05) is 17.8 Å². The molecule has 7 heteroatoms. The lowest BCUT2D eigenvalue weighted by molar-refractivity contribution is -0.125. The third-order valence-corrected chi connectivity index (χ3v) is 3.87. The summed E-state index contributed by atoms with van der Waals surface area (Å²) in [4.78, 5) is 12.5. The Bertz CT molecular complexity index is 618. The van der Waals surface area contributed by atoms with Crippen LogP contribution in [0.1, 0.15) is 19.8 Å². The molecule has 110 valence electrons. The number of piperidine rings is 1. The van der Waals surface area contributed by atoms with Crippen LogP contribution >= 0.6 is 0 Å². The van der Waals surface area contributed by atoms with E-state index in [4.69, 9.17) is 0 Å². The quantitative estimate of drug-likeness (QED) is 0.788. The molecule has 1 aromatic heterocycles. The number of rotatable bonds is 3. The van der Waals surface area contributed by atoms with E-state index < -0.39 is 0 Å². The fourth-order valence-electron chi connectivity index (χ4n) is 2.55. The highest BCUT2D eigenvalue weighted by molar-refractivity contribution is 5.95. The molecule has 3 N–H and O–H groups in total. The molecule has 0 bridgehead atoms. The van der Waals surface area contributed by atoms with E-state index in [1.54, 1.807) is 0 Å². The summed E-state index contributed by atoms with van der Waals surface area (Å²) in [5, 5.41) is 20.1. The van der Waals surface area contributed by atoms with Crippen molar-refractivity contribution >= 4 is 11.6 Å². The van der Waals surface area contributed by atoms with Crippen LogP contribution in [-0.4, -0.2) is 39.6 Å². The zero-order valence-electron chi connectivity index (χ0n) is 11.9. The smallest absolute Gasteiger partial charge is 0.231 e. The Morgan fingerprint density at radius 2 is 2.33 bits per heavy atom. The van der Waals surface area contributed by atoms with Crippen molar-refractivity contribution in [3.05, 3.63) is 24.3 Å². The van der Waals surface area contributed by atoms with Gasteiger partial charge in [-0.3, -0.25) is 4.79 Å². The molecule has 1 unspecified atom stereocenters. The normalized spacial score (nSPS) is 22.0. The molecule has 0 aliphatic carbocycles. The second kappa shape index (κ2) is 5.61. The zero-order chi connectivity index (χ0) is 14.7. The first-order valence-electron chi connectivity index (χ1n) is 7.03. The number of amides is 1. The molecule has 0 saturated carbocycles. The van der Waals surface area contributed by atoms with Crippen LogP contribution in [0.25, 0.3) is 11.4 Å². The number of aromatic nitrogens is 4. The van der Waals surface area contributed by atoms with Crippen molar-refractivity contribution in [1.29, 1.82) is 0 Å². The molecular formula is C14H18N6O. The SMILES string of the molecule is CC1(C(=O)Nc2cccc(-c3nn[nH]n3)c2)CCCNC1. The summed E-state index contributed by atoms with van der Waals surface area (Å²) in [6, 6.07) is 7.45. The molecule has 1 fully saturated rings. The van der Waals surface area contributed by atoms with E-state index in [0.717, 1.165) is 30.6 Å². The molecule has 0 spiro atoms. The molecule has 2 aromatic rings. The first kappa shape index (κ1) is 13.7. The van der Waals surface area contributed by atoms with Crippen LogP contribution in [0.2, 0.25) is 0 Å². The second-order valence-corrected chi connectivity index (χ2v) is 5.61. The topological polar surface area (TPSA) is 95.6 Å². The maximum atomic E-state index is 12.5. The fourth-order valence-corrected chi connectivity index (χ4v) is 2.55. The Balaban J connectivity index is 1.76. The lowest BCUT2D eigenvalue weighted by Crippen LogP contribution is -2.46. The van der Waals surface area contributed by atoms with Crippen LogP contribution in [0.3, 0.4) is 0 Å². The largest absolute Gasteiger partial charge is 0.326 e. The van der Waals surface area contributed by atoms with E-state index in [-0.39, 0.29) is 11.3 Å². The molecule has 1 aromatic carbocycles. The average molecular weight is 286 g/mol. The van der Waals surface area contributed by atoms with E-state index in [1.165, 1.54) is 0 Å². The van der Waals surface area contributed by atoms with Gasteiger partial charge in [-0.15, -0.1) is 10.2 Å². The highest BCUT2D eigenvalue weighted by Crippen LogP contribution is 2.28. The Kier molecular flexibility index (Phi) is 3.66. The first-order chi connectivity index (χ1) is 10.2. The molecule has 1 saturated heterocycles. The maximum absolute atomic E-state index is 12.5. The Morgan fingerprint density at radius 1 is 1.43 bits per heavy atom. The van der Waals surface area contributed by atoms with Gasteiger partial charge in [-0.1, -0.05) is 12.1 Å². The van der Waals surface area contributed by atoms with Gasteiger partial charge in [0.2, 0.25) is 11.7 Å². The lowest BCUT2D eigenvalue weighted by atomic mass is 9.82. The minimum Gasteiger partial charge on any atom is -0.326 e. The molecule has 1 aliphatic heterocycles. The first-order valence-corrected chi connectivity index (χ1v) is 7.03. The van der Waals surface area contributed by atoms with Gasteiger partial charge in [-0.25, -0.2) is 0 Å². The van der Waals surface area contributed by atoms with Gasteiger partial charge in [-0.2, -0.15) is 5.21 Å². The zero-order valence-corrected chi connectivity index (χ0v) is 11.9. The molecular weight excluding hydrogens is 268 g/mol. The highest BCUT2D eigenvalue weighted by atomic mass is 16.2. The molecule has 1 amide bonds. The van der Waals surface area contributed by atoms with Gasteiger partial charge in [0.15, 0.2) is 0 Å². The number of carbonyl (C=O) groups excluding carboxylic acids is 1. The molecule has 0 radical (unpaired) electrons. The number of nitrogens with zero attached hydrogens (tertiary/aromatic N) is 3. The van der Waals surface area contributed by atoms with E-state index in [2.05, 4.69) is 31.3 Å². The van der Waals surface area contributed by atoms with Crippen LogP contribution in [-0.2, 0) is 4.79 Å². The van der Waals surface area contributed by atoms with Gasteiger partial charge < -0.3 is 10.6 Å². The molecule has 21 heavy (non-hydrogen) atoms. The minimum atomic E-state index is -0.361. The number of anilines is 1. The number of nitrogens with one attached hydrogen (secondary N) is 3. The summed E-state index contributed by atoms with van der Waals surface area (Å²) in [5.74, 6) is 0.552.